The highest BCUT2D eigenvalue weighted by Crippen LogP contribution is 2.42. The first-order valence-electron chi connectivity index (χ1n) is 9.11. The smallest absolute Gasteiger partial charge is 0.290 e. The lowest BCUT2D eigenvalue weighted by Gasteiger charge is -2.38. The van der Waals surface area contributed by atoms with E-state index in [4.69, 9.17) is 9.15 Å². The van der Waals surface area contributed by atoms with E-state index in [1.807, 2.05) is 43.0 Å². The van der Waals surface area contributed by atoms with Crippen molar-refractivity contribution in [1.82, 2.24) is 14.5 Å². The average molecular weight is 351 g/mol. The quantitative estimate of drug-likeness (QED) is 0.723. The van der Waals surface area contributed by atoms with Gasteiger partial charge in [0.15, 0.2) is 17.1 Å². The van der Waals surface area contributed by atoms with E-state index in [0.29, 0.717) is 23.1 Å². The number of para-hydroxylation sites is 1. The zero-order chi connectivity index (χ0) is 17.7. The summed E-state index contributed by atoms with van der Waals surface area (Å²) in [4.78, 5) is 19.4. The third-order valence-corrected chi connectivity index (χ3v) is 5.83. The van der Waals surface area contributed by atoms with E-state index in [1.54, 1.807) is 7.11 Å². The minimum Gasteiger partial charge on any atom is -0.493 e. The van der Waals surface area contributed by atoms with Crippen LogP contribution in [-0.2, 0) is 0 Å². The van der Waals surface area contributed by atoms with Crippen molar-refractivity contribution in [2.24, 2.45) is 0 Å². The summed E-state index contributed by atoms with van der Waals surface area (Å²) in [5.41, 5.74) is 0.638. The van der Waals surface area contributed by atoms with Crippen molar-refractivity contribution in [3.63, 3.8) is 0 Å². The van der Waals surface area contributed by atoms with Gasteiger partial charge in [0, 0.05) is 35.9 Å². The van der Waals surface area contributed by atoms with E-state index >= 15 is 0 Å². The fourth-order valence-corrected chi connectivity index (χ4v) is 4.64. The van der Waals surface area contributed by atoms with Gasteiger partial charge in [0.1, 0.15) is 0 Å². The Bertz CT molecular complexity index is 933. The Labute approximate surface area is 151 Å². The van der Waals surface area contributed by atoms with Crippen LogP contribution in [0, 0.1) is 0 Å². The average Bonchev–Trinajstić information content (AvgIpc) is 3.38. The van der Waals surface area contributed by atoms with Crippen LogP contribution in [0.15, 0.2) is 47.4 Å². The molecule has 3 aromatic rings. The molecule has 6 heteroatoms. The molecule has 2 atom stereocenters. The molecule has 0 saturated carbocycles. The topological polar surface area (TPSA) is 60.5 Å². The van der Waals surface area contributed by atoms with E-state index < -0.39 is 0 Å². The number of amides is 1. The standard InChI is InChI=1S/C20H21N3O3/c1-25-17-4-2-3-13-9-18(26-19(13)17)20(24)23-14-5-6-15(23)11-16(10-14)22-8-7-21-12-22/h2-4,7-9,12,14-16H,5-6,10-11H2,1H3. The van der Waals surface area contributed by atoms with Crippen LogP contribution in [0.2, 0.25) is 0 Å². The highest BCUT2D eigenvalue weighted by molar-refractivity contribution is 5.97. The SMILES string of the molecule is COc1cccc2cc(C(=O)N3C4CCC3CC(n3ccnc3)C4)oc12. The van der Waals surface area contributed by atoms with Crippen molar-refractivity contribution < 1.29 is 13.9 Å². The Morgan fingerprint density at radius 2 is 2.04 bits per heavy atom. The molecule has 4 heterocycles. The number of fused-ring (bicyclic) bond motifs is 3. The molecule has 1 aromatic carbocycles. The number of piperidine rings is 1. The molecule has 2 bridgehead atoms. The Balaban J connectivity index is 1.43. The molecule has 0 spiro atoms. The largest absolute Gasteiger partial charge is 0.493 e. The van der Waals surface area contributed by atoms with E-state index in [0.717, 1.165) is 31.1 Å². The highest BCUT2D eigenvalue weighted by Gasteiger charge is 2.44. The van der Waals surface area contributed by atoms with E-state index in [-0.39, 0.29) is 18.0 Å². The molecule has 2 aliphatic rings. The number of furan rings is 1. The summed E-state index contributed by atoms with van der Waals surface area (Å²) in [5.74, 6) is 1.06. The maximum absolute atomic E-state index is 13.2. The van der Waals surface area contributed by atoms with Crippen molar-refractivity contribution in [2.75, 3.05) is 7.11 Å². The van der Waals surface area contributed by atoms with E-state index in [1.165, 1.54) is 0 Å². The second-order valence-corrected chi connectivity index (χ2v) is 7.22. The molecule has 1 amide bonds. The van der Waals surface area contributed by atoms with Crippen LogP contribution >= 0.6 is 0 Å². The summed E-state index contributed by atoms with van der Waals surface area (Å²) in [6.45, 7) is 0. The third kappa shape index (κ3) is 2.32. The number of benzene rings is 1. The van der Waals surface area contributed by atoms with Gasteiger partial charge in [-0.2, -0.15) is 0 Å². The van der Waals surface area contributed by atoms with E-state index in [9.17, 15) is 4.79 Å². The summed E-state index contributed by atoms with van der Waals surface area (Å²) < 4.78 is 13.4. The van der Waals surface area contributed by atoms with Gasteiger partial charge in [-0.3, -0.25) is 4.79 Å². The molecule has 5 rings (SSSR count). The monoisotopic (exact) mass is 351 g/mol. The van der Waals surface area contributed by atoms with Crippen molar-refractivity contribution >= 4 is 16.9 Å². The molecule has 2 unspecified atom stereocenters. The Hall–Kier alpha value is -2.76. The summed E-state index contributed by atoms with van der Waals surface area (Å²) in [6.07, 6.45) is 9.79. The number of nitrogens with zero attached hydrogens (tertiary/aromatic N) is 3. The maximum Gasteiger partial charge on any atom is 0.290 e. The normalized spacial score (nSPS) is 25.0. The molecule has 26 heavy (non-hydrogen) atoms. The minimum atomic E-state index is -0.000154. The summed E-state index contributed by atoms with van der Waals surface area (Å²) in [5, 5.41) is 0.897. The lowest BCUT2D eigenvalue weighted by molar-refractivity contribution is 0.0504. The van der Waals surface area contributed by atoms with E-state index in [2.05, 4.69) is 14.5 Å². The van der Waals surface area contributed by atoms with Crippen molar-refractivity contribution in [2.45, 2.75) is 43.8 Å². The first kappa shape index (κ1) is 15.5. The second kappa shape index (κ2) is 5.90. The van der Waals surface area contributed by atoms with Crippen LogP contribution < -0.4 is 4.74 Å². The molecular formula is C20H21N3O3. The number of ether oxygens (including phenoxy) is 1. The predicted molar refractivity (Wildman–Crippen MR) is 96.2 cm³/mol. The molecule has 2 saturated heterocycles. The van der Waals surface area contributed by atoms with Crippen LogP contribution in [0.3, 0.4) is 0 Å². The van der Waals surface area contributed by atoms with Crippen molar-refractivity contribution in [3.05, 3.63) is 48.7 Å². The Morgan fingerprint density at radius 1 is 1.23 bits per heavy atom. The minimum absolute atomic E-state index is 0.000154. The lowest BCUT2D eigenvalue weighted by atomic mass is 9.96. The maximum atomic E-state index is 13.2. The number of carbonyl (C=O) groups excluding carboxylic acids is 1. The number of aromatic nitrogens is 2. The second-order valence-electron chi connectivity index (χ2n) is 7.22. The number of rotatable bonds is 3. The fourth-order valence-electron chi connectivity index (χ4n) is 4.64. The first-order valence-corrected chi connectivity index (χ1v) is 9.11. The van der Waals surface area contributed by atoms with Gasteiger partial charge < -0.3 is 18.6 Å². The van der Waals surface area contributed by atoms with Gasteiger partial charge in [-0.25, -0.2) is 4.98 Å². The molecule has 2 aliphatic heterocycles. The van der Waals surface area contributed by atoms with Gasteiger partial charge in [-0.05, 0) is 37.8 Å². The van der Waals surface area contributed by atoms with Crippen molar-refractivity contribution in [3.8, 4) is 5.75 Å². The molecule has 134 valence electrons. The van der Waals surface area contributed by atoms with Gasteiger partial charge in [0.05, 0.1) is 13.4 Å². The van der Waals surface area contributed by atoms with Gasteiger partial charge in [-0.15, -0.1) is 0 Å². The zero-order valence-electron chi connectivity index (χ0n) is 14.7. The van der Waals surface area contributed by atoms with Crippen molar-refractivity contribution in [1.29, 1.82) is 0 Å². The van der Waals surface area contributed by atoms with Gasteiger partial charge in [0.25, 0.3) is 5.91 Å². The number of hydrogen-bond donors (Lipinski definition) is 0. The molecule has 0 radical (unpaired) electrons. The molecule has 2 aromatic heterocycles. The predicted octanol–water partition coefficient (Wildman–Crippen LogP) is 3.65. The lowest BCUT2D eigenvalue weighted by Crippen LogP contribution is -2.46. The highest BCUT2D eigenvalue weighted by atomic mass is 16.5. The van der Waals surface area contributed by atoms with Gasteiger partial charge >= 0.3 is 0 Å². The number of hydrogen-bond acceptors (Lipinski definition) is 4. The first-order chi connectivity index (χ1) is 12.7. The fraction of sp³-hybridized carbons (Fsp3) is 0.400. The summed E-state index contributed by atoms with van der Waals surface area (Å²) >= 11 is 0. The van der Waals surface area contributed by atoms with Crippen LogP contribution in [-0.4, -0.2) is 39.6 Å². The molecule has 2 fully saturated rings. The molecule has 6 nitrogen and oxygen atoms in total. The van der Waals surface area contributed by atoms with Gasteiger partial charge in [0.2, 0.25) is 0 Å². The Morgan fingerprint density at radius 3 is 2.73 bits per heavy atom. The summed E-state index contributed by atoms with van der Waals surface area (Å²) in [6, 6.07) is 8.49. The molecular weight excluding hydrogens is 330 g/mol. The summed E-state index contributed by atoms with van der Waals surface area (Å²) in [7, 11) is 1.61. The molecule has 0 N–H and O–H groups in total. The van der Waals surface area contributed by atoms with Crippen LogP contribution in [0.4, 0.5) is 0 Å². The van der Waals surface area contributed by atoms with Gasteiger partial charge in [-0.1, -0.05) is 12.1 Å². The van der Waals surface area contributed by atoms with Crippen LogP contribution in [0.25, 0.3) is 11.0 Å². The van der Waals surface area contributed by atoms with Crippen LogP contribution in [0.1, 0.15) is 42.3 Å². The molecule has 0 aliphatic carbocycles. The number of imidazole rings is 1. The number of methoxy groups -OCH3 is 1. The number of carbonyl (C=O) groups is 1. The zero-order valence-corrected chi connectivity index (χ0v) is 14.7. The third-order valence-electron chi connectivity index (χ3n) is 5.83. The Kier molecular flexibility index (Phi) is 3.51. The van der Waals surface area contributed by atoms with Crippen LogP contribution in [0.5, 0.6) is 5.75 Å².